The van der Waals surface area contributed by atoms with Gasteiger partial charge in [0.1, 0.15) is 0 Å². The number of aryl methyl sites for hydroxylation is 2. The summed E-state index contributed by atoms with van der Waals surface area (Å²) in [5, 5.41) is 3.61. The molecule has 0 aliphatic heterocycles. The first-order valence-corrected chi connectivity index (χ1v) is 5.96. The first-order chi connectivity index (χ1) is 7.25. The fourth-order valence-electron chi connectivity index (χ4n) is 2.31. The van der Waals surface area contributed by atoms with Gasteiger partial charge in [-0.1, -0.05) is 19.3 Å². The second-order valence-corrected chi connectivity index (χ2v) is 4.56. The Morgan fingerprint density at radius 1 is 1.13 bits per heavy atom. The smallest absolute Gasteiger partial charge is 0.0606 e. The predicted molar refractivity (Wildman–Crippen MR) is 64.2 cm³/mol. The molecule has 82 valence electrons. The van der Waals surface area contributed by atoms with Crippen LogP contribution in [0.5, 0.6) is 0 Å². The summed E-state index contributed by atoms with van der Waals surface area (Å²) in [5.74, 6) is 0. The molecule has 0 bridgehead atoms. The lowest BCUT2D eigenvalue weighted by molar-refractivity contribution is 0.462. The molecule has 1 aliphatic carbocycles. The summed E-state index contributed by atoms with van der Waals surface area (Å²) in [5.41, 5.74) is 3.44. The summed E-state index contributed by atoms with van der Waals surface area (Å²) < 4.78 is 0. The van der Waals surface area contributed by atoms with Crippen LogP contribution in [-0.4, -0.2) is 11.0 Å². The molecule has 1 fully saturated rings. The van der Waals surface area contributed by atoms with Crippen molar-refractivity contribution in [1.82, 2.24) is 4.98 Å². The Balaban J connectivity index is 2.03. The Hall–Kier alpha value is -1.05. The SMILES string of the molecule is Cc1ccc(NC2CCCCC2)c(C)n1. The minimum absolute atomic E-state index is 0.668. The minimum atomic E-state index is 0.668. The van der Waals surface area contributed by atoms with Crippen LogP contribution >= 0.6 is 0 Å². The van der Waals surface area contributed by atoms with Gasteiger partial charge in [0, 0.05) is 11.7 Å². The van der Waals surface area contributed by atoms with Crippen LogP contribution in [0, 0.1) is 13.8 Å². The summed E-state index contributed by atoms with van der Waals surface area (Å²) in [4.78, 5) is 4.48. The van der Waals surface area contributed by atoms with Crippen LogP contribution in [0.4, 0.5) is 5.69 Å². The third-order valence-electron chi connectivity index (χ3n) is 3.19. The molecule has 1 aromatic heterocycles. The number of pyridine rings is 1. The first kappa shape index (κ1) is 10.5. The van der Waals surface area contributed by atoms with Gasteiger partial charge in [-0.15, -0.1) is 0 Å². The molecular weight excluding hydrogens is 184 g/mol. The Morgan fingerprint density at radius 3 is 2.53 bits per heavy atom. The lowest BCUT2D eigenvalue weighted by atomic mass is 9.95. The van der Waals surface area contributed by atoms with Crippen molar-refractivity contribution in [1.29, 1.82) is 0 Å². The standard InChI is InChI=1S/C13H20N2/c1-10-8-9-13(11(2)14-10)15-12-6-4-3-5-7-12/h8-9,12,15H,3-7H2,1-2H3. The third kappa shape index (κ3) is 2.71. The topological polar surface area (TPSA) is 24.9 Å². The molecule has 0 spiro atoms. The van der Waals surface area contributed by atoms with Gasteiger partial charge in [0.25, 0.3) is 0 Å². The number of anilines is 1. The number of nitrogens with one attached hydrogen (secondary N) is 1. The Bertz CT molecular complexity index is 327. The number of aromatic nitrogens is 1. The maximum atomic E-state index is 4.48. The van der Waals surface area contributed by atoms with E-state index in [1.54, 1.807) is 0 Å². The lowest BCUT2D eigenvalue weighted by Gasteiger charge is -2.24. The van der Waals surface area contributed by atoms with Gasteiger partial charge in [0.2, 0.25) is 0 Å². The Labute approximate surface area is 92.1 Å². The van der Waals surface area contributed by atoms with Gasteiger partial charge in [0.15, 0.2) is 0 Å². The predicted octanol–water partition coefficient (Wildman–Crippen LogP) is 3.44. The van der Waals surface area contributed by atoms with Crippen LogP contribution in [0.3, 0.4) is 0 Å². The molecule has 0 unspecified atom stereocenters. The normalized spacial score (nSPS) is 17.7. The third-order valence-corrected chi connectivity index (χ3v) is 3.19. The van der Waals surface area contributed by atoms with Gasteiger partial charge < -0.3 is 5.32 Å². The van der Waals surface area contributed by atoms with Crippen molar-refractivity contribution in [2.45, 2.75) is 52.0 Å². The fraction of sp³-hybridized carbons (Fsp3) is 0.615. The average molecular weight is 204 g/mol. The maximum Gasteiger partial charge on any atom is 0.0606 e. The van der Waals surface area contributed by atoms with Crippen molar-refractivity contribution in [2.75, 3.05) is 5.32 Å². The van der Waals surface area contributed by atoms with E-state index in [1.165, 1.54) is 37.8 Å². The average Bonchev–Trinajstić information content (AvgIpc) is 2.24. The summed E-state index contributed by atoms with van der Waals surface area (Å²) in [7, 11) is 0. The largest absolute Gasteiger partial charge is 0.381 e. The van der Waals surface area contributed by atoms with Crippen molar-refractivity contribution >= 4 is 5.69 Å². The lowest BCUT2D eigenvalue weighted by Crippen LogP contribution is -2.22. The maximum absolute atomic E-state index is 4.48. The second kappa shape index (κ2) is 4.65. The summed E-state index contributed by atoms with van der Waals surface area (Å²) in [6.45, 7) is 4.12. The molecule has 2 rings (SSSR count). The summed E-state index contributed by atoms with van der Waals surface area (Å²) >= 11 is 0. The fourth-order valence-corrected chi connectivity index (χ4v) is 2.31. The second-order valence-electron chi connectivity index (χ2n) is 4.56. The van der Waals surface area contributed by atoms with Crippen LogP contribution < -0.4 is 5.32 Å². The molecule has 1 saturated carbocycles. The first-order valence-electron chi connectivity index (χ1n) is 5.96. The van der Waals surface area contributed by atoms with Gasteiger partial charge in [-0.05, 0) is 38.8 Å². The van der Waals surface area contributed by atoms with Gasteiger partial charge in [-0.2, -0.15) is 0 Å². The Morgan fingerprint density at radius 2 is 1.87 bits per heavy atom. The number of hydrogen-bond acceptors (Lipinski definition) is 2. The van der Waals surface area contributed by atoms with Gasteiger partial charge in [-0.25, -0.2) is 0 Å². The monoisotopic (exact) mass is 204 g/mol. The molecule has 2 heteroatoms. The van der Waals surface area contributed by atoms with E-state index >= 15 is 0 Å². The molecule has 0 saturated heterocycles. The zero-order valence-electron chi connectivity index (χ0n) is 9.71. The van der Waals surface area contributed by atoms with Crippen molar-refractivity contribution in [3.63, 3.8) is 0 Å². The van der Waals surface area contributed by atoms with Crippen LogP contribution in [0.2, 0.25) is 0 Å². The van der Waals surface area contributed by atoms with E-state index in [0.29, 0.717) is 6.04 Å². The van der Waals surface area contributed by atoms with Crippen molar-refractivity contribution in [3.8, 4) is 0 Å². The van der Waals surface area contributed by atoms with Gasteiger partial charge in [0.05, 0.1) is 11.4 Å². The summed E-state index contributed by atoms with van der Waals surface area (Å²) in [6.07, 6.45) is 6.77. The quantitative estimate of drug-likeness (QED) is 0.798. The summed E-state index contributed by atoms with van der Waals surface area (Å²) in [6, 6.07) is 4.91. The van der Waals surface area contributed by atoms with Crippen molar-refractivity contribution < 1.29 is 0 Å². The molecule has 0 amide bonds. The molecule has 1 aliphatic rings. The molecule has 1 N–H and O–H groups in total. The highest BCUT2D eigenvalue weighted by molar-refractivity contribution is 5.48. The molecule has 1 aromatic rings. The number of rotatable bonds is 2. The molecule has 1 heterocycles. The van der Waals surface area contributed by atoms with E-state index in [2.05, 4.69) is 29.4 Å². The van der Waals surface area contributed by atoms with Gasteiger partial charge >= 0.3 is 0 Å². The van der Waals surface area contributed by atoms with Gasteiger partial charge in [-0.3, -0.25) is 4.98 Å². The van der Waals surface area contributed by atoms with E-state index in [4.69, 9.17) is 0 Å². The van der Waals surface area contributed by atoms with E-state index in [-0.39, 0.29) is 0 Å². The number of nitrogens with zero attached hydrogens (tertiary/aromatic N) is 1. The van der Waals surface area contributed by atoms with Crippen LogP contribution in [0.25, 0.3) is 0 Å². The van der Waals surface area contributed by atoms with Crippen molar-refractivity contribution in [2.24, 2.45) is 0 Å². The van der Waals surface area contributed by atoms with E-state index < -0.39 is 0 Å². The van der Waals surface area contributed by atoms with Crippen LogP contribution in [0.1, 0.15) is 43.5 Å². The highest BCUT2D eigenvalue weighted by Gasteiger charge is 2.13. The molecule has 0 atom stereocenters. The van der Waals surface area contributed by atoms with Crippen LogP contribution in [-0.2, 0) is 0 Å². The molecule has 0 aromatic carbocycles. The highest BCUT2D eigenvalue weighted by Crippen LogP contribution is 2.22. The number of hydrogen-bond donors (Lipinski definition) is 1. The van der Waals surface area contributed by atoms with Crippen molar-refractivity contribution in [3.05, 3.63) is 23.5 Å². The molecule has 2 nitrogen and oxygen atoms in total. The zero-order chi connectivity index (χ0) is 10.7. The van der Waals surface area contributed by atoms with E-state index in [9.17, 15) is 0 Å². The molecule has 0 radical (unpaired) electrons. The van der Waals surface area contributed by atoms with E-state index in [1.807, 2.05) is 6.92 Å². The van der Waals surface area contributed by atoms with E-state index in [0.717, 1.165) is 11.4 Å². The molecule has 15 heavy (non-hydrogen) atoms. The van der Waals surface area contributed by atoms with Crippen LogP contribution in [0.15, 0.2) is 12.1 Å². The highest BCUT2D eigenvalue weighted by atomic mass is 14.9. The minimum Gasteiger partial charge on any atom is -0.381 e. The Kier molecular flexibility index (Phi) is 3.24. The zero-order valence-corrected chi connectivity index (χ0v) is 9.71. The molecular formula is C13H20N2.